The molecule has 9 rings (SSSR count). The van der Waals surface area contributed by atoms with Crippen LogP contribution in [0.2, 0.25) is 0 Å². The van der Waals surface area contributed by atoms with E-state index in [2.05, 4.69) is 53.5 Å². The fourth-order valence-electron chi connectivity index (χ4n) is 11.4. The molecule has 0 spiro atoms. The molecular formula is C101H150O20. The van der Waals surface area contributed by atoms with Crippen LogP contribution in [0.1, 0.15) is 278 Å². The third-order valence-corrected chi connectivity index (χ3v) is 22.1. The molecule has 0 saturated carbocycles. The second kappa shape index (κ2) is 54.4. The first-order valence-electron chi connectivity index (χ1n) is 43.3. The summed E-state index contributed by atoms with van der Waals surface area (Å²) in [4.78, 5) is 59.5. The van der Waals surface area contributed by atoms with Crippen molar-refractivity contribution in [3.05, 3.63) is 193 Å². The highest BCUT2D eigenvalue weighted by Crippen LogP contribution is 2.40. The first-order valence-corrected chi connectivity index (χ1v) is 43.3. The Morgan fingerprint density at radius 2 is 0.868 bits per heavy atom. The van der Waals surface area contributed by atoms with Crippen molar-refractivity contribution >= 4 is 35.9 Å². The Bertz CT molecular complexity index is 3850. The summed E-state index contributed by atoms with van der Waals surface area (Å²) in [6.45, 7) is 61.0. The number of esters is 5. The predicted molar refractivity (Wildman–Crippen MR) is 484 cm³/mol. The SMILES string of the molecule is C/C=C/C1(OC(=O)C(C)(C)CC)CCOC1.C=C(C)C(=O)Oc1ccc(OC(C)OCC)cc1.C=C(C)C1(OC(=O)C(C)(C)CC)CCOCC1.C=Cc1ccc(OC(C)OCC)cc1.CCC(C)(C)C(=O)OC1(C2=CCCCC2)CCOC1.CCC(C)(C)C(=O)Oc1ccc(O)cc1.CCC(C)c1ccc(O)cc1.CCC(C)c1ccc(O)cc1. The van der Waals surface area contributed by atoms with Crippen molar-refractivity contribution in [2.75, 3.05) is 52.9 Å². The number of phenolic OH excluding ortho intramolecular Hbond substituents is 3. The van der Waals surface area contributed by atoms with Crippen LogP contribution in [0.15, 0.2) is 176 Å². The lowest BCUT2D eigenvalue weighted by molar-refractivity contribution is -0.174. The number of phenols is 3. The molecule has 20 heteroatoms. The van der Waals surface area contributed by atoms with E-state index in [4.69, 9.17) is 72.2 Å². The summed E-state index contributed by atoms with van der Waals surface area (Å²) in [6, 6.07) is 35.5. The summed E-state index contributed by atoms with van der Waals surface area (Å²) in [5, 5.41) is 27.1. The minimum Gasteiger partial charge on any atom is -0.508 e. The molecule has 20 nitrogen and oxygen atoms in total. The zero-order valence-electron chi connectivity index (χ0n) is 77.6. The molecule has 3 aliphatic heterocycles. The van der Waals surface area contributed by atoms with Gasteiger partial charge in [0.15, 0.2) is 23.8 Å². The fraction of sp³-hybridized carbons (Fsp3) is 0.554. The third kappa shape index (κ3) is 38.9. The molecule has 3 heterocycles. The molecular weight excluding hydrogens is 1530 g/mol. The van der Waals surface area contributed by atoms with Crippen LogP contribution in [0.5, 0.6) is 40.2 Å². The van der Waals surface area contributed by atoms with Crippen LogP contribution in [0.4, 0.5) is 0 Å². The fourth-order valence-corrected chi connectivity index (χ4v) is 11.4. The van der Waals surface area contributed by atoms with Crippen LogP contribution >= 0.6 is 0 Å². The van der Waals surface area contributed by atoms with E-state index in [1.54, 1.807) is 73.7 Å². The molecule has 121 heavy (non-hydrogen) atoms. The Kier molecular flexibility index (Phi) is 48.6. The summed E-state index contributed by atoms with van der Waals surface area (Å²) in [5.41, 5.74) is 3.00. The number of hydrogen-bond donors (Lipinski definition) is 3. The Labute approximate surface area is 726 Å². The normalized spacial score (nSPS) is 17.5. The van der Waals surface area contributed by atoms with Gasteiger partial charge in [0.1, 0.15) is 45.8 Å². The van der Waals surface area contributed by atoms with Crippen molar-refractivity contribution in [2.24, 2.45) is 21.7 Å². The van der Waals surface area contributed by atoms with Crippen LogP contribution in [-0.2, 0) is 61.9 Å². The van der Waals surface area contributed by atoms with Gasteiger partial charge in [0, 0.05) is 44.5 Å². The predicted octanol–water partition coefficient (Wildman–Crippen LogP) is 24.0. The smallest absolute Gasteiger partial charge is 0.338 e. The lowest BCUT2D eigenvalue weighted by Crippen LogP contribution is -2.44. The van der Waals surface area contributed by atoms with E-state index < -0.39 is 44.4 Å². The first-order chi connectivity index (χ1) is 57.0. The van der Waals surface area contributed by atoms with E-state index in [1.807, 2.05) is 185 Å². The van der Waals surface area contributed by atoms with E-state index in [0.29, 0.717) is 112 Å². The van der Waals surface area contributed by atoms with E-state index in [0.717, 1.165) is 81.1 Å². The van der Waals surface area contributed by atoms with Crippen molar-refractivity contribution in [2.45, 2.75) is 290 Å². The molecule has 5 aromatic rings. The van der Waals surface area contributed by atoms with Crippen LogP contribution in [-0.4, -0.2) is 127 Å². The van der Waals surface area contributed by atoms with Crippen LogP contribution in [0.3, 0.4) is 0 Å². The number of ether oxygens (including phenoxy) is 12. The topological polar surface area (TPSA) is 257 Å². The molecule has 0 aromatic heterocycles. The molecule has 4 aliphatic rings. The average Bonchev–Trinajstić information content (AvgIpc) is 1.72. The van der Waals surface area contributed by atoms with Gasteiger partial charge in [-0.15, -0.1) is 0 Å². The van der Waals surface area contributed by atoms with E-state index in [1.165, 1.54) is 41.7 Å². The zero-order valence-corrected chi connectivity index (χ0v) is 77.6. The highest BCUT2D eigenvalue weighted by Gasteiger charge is 2.46. The minimum atomic E-state index is -0.529. The van der Waals surface area contributed by atoms with Crippen molar-refractivity contribution < 1.29 is 96.1 Å². The second-order valence-electron chi connectivity index (χ2n) is 33.5. The Hall–Kier alpha value is -9.05. The highest BCUT2D eigenvalue weighted by molar-refractivity contribution is 5.88. The monoisotopic (exact) mass is 1680 g/mol. The maximum atomic E-state index is 12.4. The summed E-state index contributed by atoms with van der Waals surface area (Å²) in [5.74, 6) is 3.36. The van der Waals surface area contributed by atoms with Crippen LogP contribution in [0, 0.1) is 21.7 Å². The molecule has 3 fully saturated rings. The number of carbonyl (C=O) groups is 5. The van der Waals surface area contributed by atoms with Gasteiger partial charge < -0.3 is 72.2 Å². The lowest BCUT2D eigenvalue weighted by Gasteiger charge is -2.39. The van der Waals surface area contributed by atoms with E-state index in [-0.39, 0.29) is 42.2 Å². The Morgan fingerprint density at radius 1 is 0.479 bits per heavy atom. The van der Waals surface area contributed by atoms with Gasteiger partial charge in [0.05, 0.1) is 61.3 Å². The molecule has 3 N–H and O–H groups in total. The average molecular weight is 1680 g/mol. The highest BCUT2D eigenvalue weighted by atomic mass is 16.7. The standard InChI is InChI=1S/C16H26O3.C14H18O4.C14H24O3.C13H22O3.C12H16O3.C12H16O2.2C10H14O/c1-4-15(2,3)14(17)19-16(10-11-18-12-16)13-8-6-5-7-9-13;1-5-16-11(4)17-12-6-8-13(9-7-12)18-14(15)10(2)3;1-6-13(4,5)12(15)17-14(11(2)3)7-9-16-10-8-14;1-5-7-13(8-9-15-10-13)16-11(14)12(3,4)6-2;1-4-12(2,3)11(14)15-10-7-5-9(13)6-8-10;1-4-11-6-8-12(9-7-11)14-10(3)13-5-2;2*1-3-8(2)9-4-6-10(11)7-5-9/h8H,4-7,9-12H2,1-3H3;6-9,11H,2,5H2,1,3-4H3;2,6-10H2,1,3-5H3;5,7H,6,8-10H2,1-4H3;5-8,13H,4H2,1-3H3;4,6-10H,1,5H2,2-3H3;2*4-8,11H,3H2,1-2H3/b;;;7-5+;;;;. The number of carbonyl (C=O) groups excluding carboxylic acids is 5. The molecule has 674 valence electrons. The second-order valence-corrected chi connectivity index (χ2v) is 33.5. The van der Waals surface area contributed by atoms with Crippen molar-refractivity contribution in [3.8, 4) is 40.2 Å². The van der Waals surface area contributed by atoms with Gasteiger partial charge in [-0.2, -0.15) is 0 Å². The molecule has 1 aliphatic carbocycles. The molecule has 3 saturated heterocycles. The van der Waals surface area contributed by atoms with Gasteiger partial charge in [-0.1, -0.05) is 130 Å². The van der Waals surface area contributed by atoms with E-state index >= 15 is 0 Å². The zero-order chi connectivity index (χ0) is 91.2. The quantitative estimate of drug-likeness (QED) is 0.00964. The molecule has 0 amide bonds. The summed E-state index contributed by atoms with van der Waals surface area (Å²) >= 11 is 0. The minimum absolute atomic E-state index is 0.0908. The molecule has 5 aromatic carbocycles. The Balaban J connectivity index is 0.000000471. The number of rotatable bonds is 30. The number of aromatic hydroxyl groups is 3. The van der Waals surface area contributed by atoms with Crippen molar-refractivity contribution in [1.82, 2.24) is 0 Å². The first kappa shape index (κ1) is 108. The summed E-state index contributed by atoms with van der Waals surface area (Å²) in [6.07, 6.45) is 20.4. The van der Waals surface area contributed by atoms with Crippen LogP contribution in [0.25, 0.3) is 6.08 Å². The number of benzene rings is 5. The van der Waals surface area contributed by atoms with Gasteiger partial charge in [-0.05, 0) is 299 Å². The maximum Gasteiger partial charge on any atom is 0.338 e. The third-order valence-electron chi connectivity index (χ3n) is 22.1. The molecule has 0 radical (unpaired) electrons. The van der Waals surface area contributed by atoms with Gasteiger partial charge in [-0.3, -0.25) is 19.2 Å². The molecule has 6 unspecified atom stereocenters. The van der Waals surface area contributed by atoms with Crippen molar-refractivity contribution in [3.63, 3.8) is 0 Å². The van der Waals surface area contributed by atoms with Gasteiger partial charge in [0.2, 0.25) is 0 Å². The molecule has 6 atom stereocenters. The maximum absolute atomic E-state index is 12.4. The summed E-state index contributed by atoms with van der Waals surface area (Å²) in [7, 11) is 0. The number of allylic oxidation sites excluding steroid dienone is 2. The van der Waals surface area contributed by atoms with Gasteiger partial charge in [0.25, 0.3) is 0 Å². The summed E-state index contributed by atoms with van der Waals surface area (Å²) < 4.78 is 65.3. The molecule has 0 bridgehead atoms. The van der Waals surface area contributed by atoms with Crippen LogP contribution < -0.4 is 18.9 Å². The lowest BCUT2D eigenvalue weighted by atomic mass is 9.83. The van der Waals surface area contributed by atoms with E-state index in [9.17, 15) is 24.0 Å². The van der Waals surface area contributed by atoms with Gasteiger partial charge >= 0.3 is 29.8 Å². The number of hydrogen-bond acceptors (Lipinski definition) is 20. The van der Waals surface area contributed by atoms with Crippen molar-refractivity contribution in [1.29, 1.82) is 0 Å². The Morgan fingerprint density at radius 3 is 1.24 bits per heavy atom. The van der Waals surface area contributed by atoms with Gasteiger partial charge in [-0.25, -0.2) is 4.79 Å². The largest absolute Gasteiger partial charge is 0.508 e.